The van der Waals surface area contributed by atoms with Crippen molar-refractivity contribution in [3.05, 3.63) is 63.6 Å². The number of ether oxygens (including phenoxy) is 1. The van der Waals surface area contributed by atoms with E-state index in [1.807, 2.05) is 31.2 Å². The molecular formula is C15H15Cl2NO. The Bertz CT molecular complexity index is 553. The van der Waals surface area contributed by atoms with Crippen molar-refractivity contribution in [2.75, 3.05) is 0 Å². The van der Waals surface area contributed by atoms with Crippen LogP contribution in [-0.2, 0) is 6.61 Å². The van der Waals surface area contributed by atoms with E-state index in [2.05, 4.69) is 0 Å². The maximum absolute atomic E-state index is 6.07. The molecular weight excluding hydrogens is 281 g/mol. The van der Waals surface area contributed by atoms with Crippen molar-refractivity contribution in [2.45, 2.75) is 19.6 Å². The lowest BCUT2D eigenvalue weighted by Gasteiger charge is -2.10. The Hall–Kier alpha value is -1.22. The molecule has 0 aliphatic carbocycles. The van der Waals surface area contributed by atoms with Gasteiger partial charge in [0.2, 0.25) is 0 Å². The molecule has 0 aliphatic rings. The molecule has 0 saturated heterocycles. The van der Waals surface area contributed by atoms with E-state index in [9.17, 15) is 0 Å². The number of halogens is 2. The molecule has 100 valence electrons. The van der Waals surface area contributed by atoms with Gasteiger partial charge in [0.25, 0.3) is 0 Å². The minimum absolute atomic E-state index is 0.0245. The normalized spacial score (nSPS) is 12.2. The largest absolute Gasteiger partial charge is 0.489 e. The number of hydrogen-bond donors (Lipinski definition) is 1. The molecule has 4 heteroatoms. The number of rotatable bonds is 4. The van der Waals surface area contributed by atoms with Gasteiger partial charge in [-0.25, -0.2) is 0 Å². The van der Waals surface area contributed by atoms with Crippen molar-refractivity contribution < 1.29 is 4.74 Å². The van der Waals surface area contributed by atoms with Crippen LogP contribution in [-0.4, -0.2) is 0 Å². The van der Waals surface area contributed by atoms with Crippen molar-refractivity contribution in [2.24, 2.45) is 5.73 Å². The predicted molar refractivity (Wildman–Crippen MR) is 79.8 cm³/mol. The molecule has 1 unspecified atom stereocenters. The monoisotopic (exact) mass is 295 g/mol. The fraction of sp³-hybridized carbons (Fsp3) is 0.200. The van der Waals surface area contributed by atoms with Gasteiger partial charge in [0.1, 0.15) is 12.4 Å². The summed E-state index contributed by atoms with van der Waals surface area (Å²) in [5.74, 6) is 0.778. The van der Waals surface area contributed by atoms with E-state index in [0.717, 1.165) is 16.9 Å². The highest BCUT2D eigenvalue weighted by Gasteiger charge is 2.04. The van der Waals surface area contributed by atoms with Crippen LogP contribution in [0.15, 0.2) is 42.5 Å². The Morgan fingerprint density at radius 1 is 1.11 bits per heavy atom. The standard InChI is InChI=1S/C15H15Cl2NO/c1-10(18)11-2-5-14(6-3-11)19-9-12-8-13(16)4-7-15(12)17/h2-8,10H,9,18H2,1H3. The van der Waals surface area contributed by atoms with Crippen LogP contribution >= 0.6 is 23.2 Å². The van der Waals surface area contributed by atoms with Crippen LogP contribution in [0.1, 0.15) is 24.1 Å². The molecule has 2 rings (SSSR count). The highest BCUT2D eigenvalue weighted by atomic mass is 35.5. The molecule has 1 atom stereocenters. The first kappa shape index (κ1) is 14.2. The van der Waals surface area contributed by atoms with Crippen molar-refractivity contribution in [1.82, 2.24) is 0 Å². The lowest BCUT2D eigenvalue weighted by atomic mass is 10.1. The minimum Gasteiger partial charge on any atom is -0.489 e. The molecule has 19 heavy (non-hydrogen) atoms. The summed E-state index contributed by atoms with van der Waals surface area (Å²) in [4.78, 5) is 0. The smallest absolute Gasteiger partial charge is 0.119 e. The second kappa shape index (κ2) is 6.29. The highest BCUT2D eigenvalue weighted by molar-refractivity contribution is 6.33. The Morgan fingerprint density at radius 2 is 1.79 bits per heavy atom. The van der Waals surface area contributed by atoms with E-state index in [-0.39, 0.29) is 6.04 Å². The first-order valence-electron chi connectivity index (χ1n) is 5.98. The Labute approximate surface area is 123 Å². The van der Waals surface area contributed by atoms with Crippen LogP contribution in [0.3, 0.4) is 0 Å². The molecule has 0 fully saturated rings. The average Bonchev–Trinajstić information content (AvgIpc) is 2.40. The van der Waals surface area contributed by atoms with Crippen LogP contribution in [0.25, 0.3) is 0 Å². The summed E-state index contributed by atoms with van der Waals surface area (Å²) in [6.45, 7) is 2.33. The lowest BCUT2D eigenvalue weighted by molar-refractivity contribution is 0.306. The summed E-state index contributed by atoms with van der Waals surface area (Å²) in [6.07, 6.45) is 0. The Morgan fingerprint density at radius 3 is 2.42 bits per heavy atom. The van der Waals surface area contributed by atoms with Gasteiger partial charge in [-0.05, 0) is 42.8 Å². The summed E-state index contributed by atoms with van der Waals surface area (Å²) in [6, 6.07) is 13.1. The molecule has 0 radical (unpaired) electrons. The van der Waals surface area contributed by atoms with E-state index in [1.54, 1.807) is 18.2 Å². The summed E-state index contributed by atoms with van der Waals surface area (Å²) in [5.41, 5.74) is 7.74. The summed E-state index contributed by atoms with van der Waals surface area (Å²) in [5, 5.41) is 1.30. The summed E-state index contributed by atoms with van der Waals surface area (Å²) < 4.78 is 5.68. The van der Waals surface area contributed by atoms with Crippen LogP contribution < -0.4 is 10.5 Å². The molecule has 0 bridgehead atoms. The van der Waals surface area contributed by atoms with Gasteiger partial charge in [-0.1, -0.05) is 35.3 Å². The molecule has 2 aromatic rings. The van der Waals surface area contributed by atoms with Gasteiger partial charge in [-0.2, -0.15) is 0 Å². The van der Waals surface area contributed by atoms with Crippen LogP contribution in [0, 0.1) is 0 Å². The number of hydrogen-bond acceptors (Lipinski definition) is 2. The Balaban J connectivity index is 2.04. The molecule has 0 amide bonds. The highest BCUT2D eigenvalue weighted by Crippen LogP contribution is 2.23. The van der Waals surface area contributed by atoms with Gasteiger partial charge in [0.05, 0.1) is 0 Å². The van der Waals surface area contributed by atoms with Crippen molar-refractivity contribution in [3.8, 4) is 5.75 Å². The van der Waals surface area contributed by atoms with Crippen LogP contribution in [0.2, 0.25) is 10.0 Å². The van der Waals surface area contributed by atoms with Gasteiger partial charge in [0.15, 0.2) is 0 Å². The maximum Gasteiger partial charge on any atom is 0.119 e. The average molecular weight is 296 g/mol. The SMILES string of the molecule is CC(N)c1ccc(OCc2cc(Cl)ccc2Cl)cc1. The number of benzene rings is 2. The van der Waals surface area contributed by atoms with Crippen LogP contribution in [0.5, 0.6) is 5.75 Å². The van der Waals surface area contributed by atoms with Crippen LogP contribution in [0.4, 0.5) is 0 Å². The fourth-order valence-corrected chi connectivity index (χ4v) is 2.05. The van der Waals surface area contributed by atoms with E-state index in [1.165, 1.54) is 0 Å². The van der Waals surface area contributed by atoms with E-state index in [0.29, 0.717) is 16.7 Å². The molecule has 0 spiro atoms. The van der Waals surface area contributed by atoms with E-state index < -0.39 is 0 Å². The van der Waals surface area contributed by atoms with E-state index >= 15 is 0 Å². The van der Waals surface area contributed by atoms with Crippen molar-refractivity contribution >= 4 is 23.2 Å². The van der Waals surface area contributed by atoms with Gasteiger partial charge in [0, 0.05) is 21.7 Å². The van der Waals surface area contributed by atoms with Gasteiger partial charge >= 0.3 is 0 Å². The fourth-order valence-electron chi connectivity index (χ4n) is 1.68. The summed E-state index contributed by atoms with van der Waals surface area (Å²) in [7, 11) is 0. The van der Waals surface area contributed by atoms with Crippen molar-refractivity contribution in [3.63, 3.8) is 0 Å². The Kier molecular flexibility index (Phi) is 4.70. The lowest BCUT2D eigenvalue weighted by Crippen LogP contribution is -2.04. The third-order valence-electron chi connectivity index (χ3n) is 2.81. The molecule has 0 aliphatic heterocycles. The quantitative estimate of drug-likeness (QED) is 0.895. The zero-order valence-electron chi connectivity index (χ0n) is 10.6. The van der Waals surface area contributed by atoms with Gasteiger partial charge in [-0.3, -0.25) is 0 Å². The zero-order chi connectivity index (χ0) is 13.8. The molecule has 0 saturated carbocycles. The molecule has 2 N–H and O–H groups in total. The maximum atomic E-state index is 6.07. The third-order valence-corrected chi connectivity index (χ3v) is 3.41. The van der Waals surface area contributed by atoms with Gasteiger partial charge in [-0.15, -0.1) is 0 Å². The van der Waals surface area contributed by atoms with Crippen molar-refractivity contribution in [1.29, 1.82) is 0 Å². The first-order valence-corrected chi connectivity index (χ1v) is 6.74. The van der Waals surface area contributed by atoms with Gasteiger partial charge < -0.3 is 10.5 Å². The molecule has 2 nitrogen and oxygen atoms in total. The zero-order valence-corrected chi connectivity index (χ0v) is 12.1. The molecule has 0 aromatic heterocycles. The minimum atomic E-state index is 0.0245. The first-order chi connectivity index (χ1) is 9.06. The third kappa shape index (κ3) is 3.87. The second-order valence-corrected chi connectivity index (χ2v) is 5.23. The topological polar surface area (TPSA) is 35.2 Å². The number of nitrogens with two attached hydrogens (primary N) is 1. The molecule has 2 aromatic carbocycles. The van der Waals surface area contributed by atoms with E-state index in [4.69, 9.17) is 33.7 Å². The molecule has 0 heterocycles. The summed E-state index contributed by atoms with van der Waals surface area (Å²) >= 11 is 12.0. The second-order valence-electron chi connectivity index (χ2n) is 4.38. The predicted octanol–water partition coefficient (Wildman–Crippen LogP) is 4.59.